The molecule has 0 heterocycles. The van der Waals surface area contributed by atoms with E-state index in [4.69, 9.17) is 10.5 Å². The summed E-state index contributed by atoms with van der Waals surface area (Å²) in [5.74, 6) is -2.48. The van der Waals surface area contributed by atoms with Gasteiger partial charge in [0.1, 0.15) is 11.7 Å². The second-order valence-electron chi connectivity index (χ2n) is 6.09. The highest BCUT2D eigenvalue weighted by Crippen LogP contribution is 2.28. The number of aliphatic hydroxyl groups excluding tert-OH is 2. The van der Waals surface area contributed by atoms with Crippen molar-refractivity contribution >= 4 is 11.8 Å². The molecular weight excluding hydrogens is 310 g/mol. The van der Waals surface area contributed by atoms with E-state index in [-0.39, 0.29) is 18.7 Å². The van der Waals surface area contributed by atoms with Crippen LogP contribution in [0, 0.1) is 11.6 Å². The Kier molecular flexibility index (Phi) is 6.28. The number of rotatable bonds is 5. The molecule has 0 radical (unpaired) electrons. The van der Waals surface area contributed by atoms with E-state index in [0.29, 0.717) is 0 Å². The van der Waals surface area contributed by atoms with E-state index >= 15 is 0 Å². The fourth-order valence-electron chi connectivity index (χ4n) is 1.87. The molecule has 0 aliphatic heterocycles. The molecule has 1 rings (SSSR count). The van der Waals surface area contributed by atoms with Crippen molar-refractivity contribution in [2.24, 2.45) is 0 Å². The van der Waals surface area contributed by atoms with Gasteiger partial charge in [-0.1, -0.05) is 0 Å². The third kappa shape index (κ3) is 5.65. The van der Waals surface area contributed by atoms with Crippen molar-refractivity contribution in [3.05, 3.63) is 29.3 Å². The Balaban J connectivity index is 2.60. The van der Waals surface area contributed by atoms with E-state index < -0.39 is 41.1 Å². The number of hydrogen-bond acceptors (Lipinski definition) is 5. The highest BCUT2D eigenvalue weighted by atomic mass is 19.2. The zero-order valence-corrected chi connectivity index (χ0v) is 13.3. The van der Waals surface area contributed by atoms with Gasteiger partial charge in [0.05, 0.1) is 6.10 Å². The number of benzene rings is 1. The maximum Gasteiger partial charge on any atom is 0.407 e. The average molecular weight is 332 g/mol. The number of nitrogens with one attached hydrogen (secondary N) is 1. The van der Waals surface area contributed by atoms with Gasteiger partial charge in [-0.25, -0.2) is 13.6 Å². The Morgan fingerprint density at radius 3 is 2.52 bits per heavy atom. The van der Waals surface area contributed by atoms with E-state index in [1.54, 1.807) is 20.8 Å². The van der Waals surface area contributed by atoms with Gasteiger partial charge in [-0.2, -0.15) is 0 Å². The number of anilines is 1. The molecule has 0 saturated heterocycles. The van der Waals surface area contributed by atoms with Gasteiger partial charge >= 0.3 is 6.09 Å². The highest BCUT2D eigenvalue weighted by molar-refractivity contribution is 5.67. The zero-order chi connectivity index (χ0) is 17.8. The molecular formula is C15H22F2N2O4. The van der Waals surface area contributed by atoms with Gasteiger partial charge in [0.15, 0.2) is 11.6 Å². The summed E-state index contributed by atoms with van der Waals surface area (Å²) in [6.45, 7) is 5.06. The van der Waals surface area contributed by atoms with Crippen LogP contribution in [0.5, 0.6) is 0 Å². The fraction of sp³-hybridized carbons (Fsp3) is 0.533. The molecule has 8 heteroatoms. The Hall–Kier alpha value is -1.93. The largest absolute Gasteiger partial charge is 0.444 e. The predicted octanol–water partition coefficient (Wildman–Crippen LogP) is 1.86. The van der Waals surface area contributed by atoms with Crippen molar-refractivity contribution in [2.45, 2.75) is 45.0 Å². The molecule has 0 aliphatic carbocycles. The van der Waals surface area contributed by atoms with Crippen LogP contribution < -0.4 is 11.1 Å². The van der Waals surface area contributed by atoms with E-state index in [1.807, 2.05) is 0 Å². The van der Waals surface area contributed by atoms with E-state index in [1.165, 1.54) is 0 Å². The third-order valence-electron chi connectivity index (χ3n) is 2.93. The first kappa shape index (κ1) is 19.1. The minimum absolute atomic E-state index is 0.0238. The number of carbonyl (C=O) groups excluding carboxylic acids is 1. The lowest BCUT2D eigenvalue weighted by Crippen LogP contribution is -2.34. The number of halogens is 2. The fourth-order valence-corrected chi connectivity index (χ4v) is 1.87. The van der Waals surface area contributed by atoms with Crippen LogP contribution in [0.4, 0.5) is 19.3 Å². The Morgan fingerprint density at radius 1 is 1.35 bits per heavy atom. The second-order valence-corrected chi connectivity index (χ2v) is 6.09. The number of carbonyl (C=O) groups is 1. The Bertz CT molecular complexity index is 561. The number of nitrogens with two attached hydrogens (primary N) is 1. The number of nitrogen functional groups attached to an aromatic ring is 1. The van der Waals surface area contributed by atoms with Crippen molar-refractivity contribution in [1.82, 2.24) is 5.32 Å². The number of amides is 1. The molecule has 2 unspecified atom stereocenters. The van der Waals surface area contributed by atoms with Crippen molar-refractivity contribution in [1.29, 1.82) is 0 Å². The number of aliphatic hydroxyl groups is 2. The van der Waals surface area contributed by atoms with E-state index in [2.05, 4.69) is 5.32 Å². The van der Waals surface area contributed by atoms with Crippen LogP contribution in [-0.2, 0) is 4.74 Å². The van der Waals surface area contributed by atoms with Crippen molar-refractivity contribution in [3.8, 4) is 0 Å². The van der Waals surface area contributed by atoms with Crippen LogP contribution in [0.25, 0.3) is 0 Å². The van der Waals surface area contributed by atoms with Gasteiger partial charge in [-0.05, 0) is 39.3 Å². The smallest absolute Gasteiger partial charge is 0.407 e. The predicted molar refractivity (Wildman–Crippen MR) is 80.6 cm³/mol. The van der Waals surface area contributed by atoms with Crippen molar-refractivity contribution in [2.75, 3.05) is 12.3 Å². The highest BCUT2D eigenvalue weighted by Gasteiger charge is 2.26. The molecule has 0 saturated carbocycles. The molecule has 1 aromatic rings. The standard InChI is InChI=1S/C15H22F2N2O4/c1-15(2,3)23-14(22)19-7-6-10(20)13(21)11-9(18)5-4-8(16)12(11)17/h4-5,10,13,20-21H,6-7,18H2,1-3H3,(H,19,22). The zero-order valence-electron chi connectivity index (χ0n) is 13.3. The summed E-state index contributed by atoms with van der Waals surface area (Å²) in [6.07, 6.45) is -3.94. The maximum absolute atomic E-state index is 13.7. The van der Waals surface area contributed by atoms with E-state index in [0.717, 1.165) is 12.1 Å². The minimum Gasteiger partial charge on any atom is -0.444 e. The van der Waals surface area contributed by atoms with Gasteiger partial charge in [0.2, 0.25) is 0 Å². The molecule has 1 amide bonds. The van der Waals surface area contributed by atoms with Crippen LogP contribution in [0.15, 0.2) is 12.1 Å². The quantitative estimate of drug-likeness (QED) is 0.616. The summed E-state index contributed by atoms with van der Waals surface area (Å²) in [5.41, 5.74) is 4.17. The van der Waals surface area contributed by atoms with Crippen LogP contribution in [-0.4, -0.2) is 34.6 Å². The molecule has 0 aliphatic rings. The molecule has 5 N–H and O–H groups in total. The lowest BCUT2D eigenvalue weighted by Gasteiger charge is -2.22. The third-order valence-corrected chi connectivity index (χ3v) is 2.93. The molecule has 2 atom stereocenters. The van der Waals surface area contributed by atoms with Gasteiger partial charge in [0.25, 0.3) is 0 Å². The Labute approximate surface area is 133 Å². The van der Waals surface area contributed by atoms with Crippen molar-refractivity contribution in [3.63, 3.8) is 0 Å². The van der Waals surface area contributed by atoms with Gasteiger partial charge in [-0.3, -0.25) is 0 Å². The number of alkyl carbamates (subject to hydrolysis) is 1. The molecule has 1 aromatic carbocycles. The topological polar surface area (TPSA) is 105 Å². The lowest BCUT2D eigenvalue weighted by molar-refractivity contribution is 0.0105. The molecule has 0 bridgehead atoms. The summed E-state index contributed by atoms with van der Waals surface area (Å²) in [4.78, 5) is 11.4. The average Bonchev–Trinajstić information content (AvgIpc) is 2.41. The monoisotopic (exact) mass is 332 g/mol. The summed E-state index contributed by atoms with van der Waals surface area (Å²) < 4.78 is 31.9. The van der Waals surface area contributed by atoms with Crippen LogP contribution in [0.2, 0.25) is 0 Å². The molecule has 0 aromatic heterocycles. The summed E-state index contributed by atoms with van der Waals surface area (Å²) in [6, 6.07) is 1.93. The second kappa shape index (κ2) is 7.56. The Morgan fingerprint density at radius 2 is 1.96 bits per heavy atom. The molecule has 23 heavy (non-hydrogen) atoms. The summed E-state index contributed by atoms with van der Waals surface area (Å²) >= 11 is 0. The first-order valence-corrected chi connectivity index (χ1v) is 7.09. The van der Waals surface area contributed by atoms with Gasteiger partial charge in [-0.15, -0.1) is 0 Å². The number of ether oxygens (including phenoxy) is 1. The normalized spacial score (nSPS) is 14.2. The van der Waals surface area contributed by atoms with Crippen LogP contribution >= 0.6 is 0 Å². The summed E-state index contributed by atoms with van der Waals surface area (Å²) in [7, 11) is 0. The van der Waals surface area contributed by atoms with E-state index in [9.17, 15) is 23.8 Å². The lowest BCUT2D eigenvalue weighted by atomic mass is 9.99. The number of hydrogen-bond donors (Lipinski definition) is 4. The molecule has 0 spiro atoms. The minimum atomic E-state index is -1.72. The van der Waals surface area contributed by atoms with Gasteiger partial charge < -0.3 is 26.0 Å². The van der Waals surface area contributed by atoms with Crippen LogP contribution in [0.3, 0.4) is 0 Å². The molecule has 6 nitrogen and oxygen atoms in total. The van der Waals surface area contributed by atoms with Crippen molar-refractivity contribution < 1.29 is 28.5 Å². The van der Waals surface area contributed by atoms with Gasteiger partial charge in [0, 0.05) is 17.8 Å². The first-order valence-electron chi connectivity index (χ1n) is 7.09. The molecule has 130 valence electrons. The first-order chi connectivity index (χ1) is 10.5. The molecule has 0 fully saturated rings. The summed E-state index contributed by atoms with van der Waals surface area (Å²) in [5, 5.41) is 22.2. The SMILES string of the molecule is CC(C)(C)OC(=O)NCCC(O)C(O)c1c(N)ccc(F)c1F. The maximum atomic E-state index is 13.7. The van der Waals surface area contributed by atoms with Crippen LogP contribution in [0.1, 0.15) is 38.9 Å².